The van der Waals surface area contributed by atoms with Crippen molar-refractivity contribution in [3.05, 3.63) is 6.33 Å². The number of ether oxygens (including phenoxy) is 1. The summed E-state index contributed by atoms with van der Waals surface area (Å²) in [7, 11) is 0. The lowest BCUT2D eigenvalue weighted by molar-refractivity contribution is -0.0574. The Balaban J connectivity index is 2.04. The summed E-state index contributed by atoms with van der Waals surface area (Å²) in [5.41, 5.74) is 6.18. The van der Waals surface area contributed by atoms with Crippen LogP contribution in [0.15, 0.2) is 6.33 Å². The number of nitrogen functional groups attached to an aromatic ring is 1. The minimum absolute atomic E-state index is 0.156. The van der Waals surface area contributed by atoms with Crippen LogP contribution in [0.1, 0.15) is 6.23 Å². The molecule has 1 aliphatic rings. The van der Waals surface area contributed by atoms with Crippen LogP contribution in [-0.2, 0) is 4.74 Å². The zero-order valence-electron chi connectivity index (χ0n) is 9.66. The Bertz CT molecular complexity index is 603. The van der Waals surface area contributed by atoms with Crippen molar-refractivity contribution >= 4 is 17.0 Å². The molecule has 10 nitrogen and oxygen atoms in total. The van der Waals surface area contributed by atoms with Crippen LogP contribution in [0.5, 0.6) is 0 Å². The standard InChI is InChI=1S/C9H12N6O4/c10-7-4-8(12-2-11-7)15(14-13-4)9-6(18)5(17)3(1-16)19-9/h2-3,5-6,9,16-18H,1H2,(H2,10,11,12)/t3-,5-,6+,9-/m1/s1. The van der Waals surface area contributed by atoms with E-state index in [-0.39, 0.29) is 17.0 Å². The summed E-state index contributed by atoms with van der Waals surface area (Å²) in [6.45, 7) is -0.418. The summed E-state index contributed by atoms with van der Waals surface area (Å²) >= 11 is 0. The maximum Gasteiger partial charge on any atom is 0.186 e. The molecular weight excluding hydrogens is 256 g/mol. The lowest BCUT2D eigenvalue weighted by Gasteiger charge is -2.14. The molecule has 3 heterocycles. The van der Waals surface area contributed by atoms with Gasteiger partial charge >= 0.3 is 0 Å². The van der Waals surface area contributed by atoms with Gasteiger partial charge in [0.05, 0.1) is 6.61 Å². The fourth-order valence-corrected chi connectivity index (χ4v) is 2.03. The first-order valence-electron chi connectivity index (χ1n) is 5.57. The fourth-order valence-electron chi connectivity index (χ4n) is 2.03. The summed E-state index contributed by atoms with van der Waals surface area (Å²) < 4.78 is 6.54. The maximum absolute atomic E-state index is 9.91. The van der Waals surface area contributed by atoms with E-state index in [9.17, 15) is 10.2 Å². The Kier molecular flexibility index (Phi) is 2.78. The van der Waals surface area contributed by atoms with Gasteiger partial charge < -0.3 is 25.8 Å². The van der Waals surface area contributed by atoms with E-state index in [2.05, 4.69) is 20.3 Å². The molecule has 0 saturated carbocycles. The Morgan fingerprint density at radius 3 is 2.79 bits per heavy atom. The molecule has 102 valence electrons. The zero-order valence-corrected chi connectivity index (χ0v) is 9.66. The van der Waals surface area contributed by atoms with Crippen molar-refractivity contribution in [3.63, 3.8) is 0 Å². The van der Waals surface area contributed by atoms with E-state index in [0.29, 0.717) is 0 Å². The molecule has 1 saturated heterocycles. The molecule has 0 aromatic carbocycles. The molecule has 2 aromatic rings. The van der Waals surface area contributed by atoms with Gasteiger partial charge in [0.1, 0.15) is 24.6 Å². The van der Waals surface area contributed by atoms with Crippen LogP contribution in [0.3, 0.4) is 0 Å². The summed E-state index contributed by atoms with van der Waals surface area (Å²) in [4.78, 5) is 7.74. The van der Waals surface area contributed by atoms with Gasteiger partial charge in [0.2, 0.25) is 0 Å². The lowest BCUT2D eigenvalue weighted by Crippen LogP contribution is -2.33. The molecule has 0 unspecified atom stereocenters. The third kappa shape index (κ3) is 1.73. The van der Waals surface area contributed by atoms with E-state index >= 15 is 0 Å². The minimum atomic E-state index is -1.25. The van der Waals surface area contributed by atoms with Crippen LogP contribution in [0.4, 0.5) is 5.82 Å². The van der Waals surface area contributed by atoms with E-state index in [1.165, 1.54) is 11.0 Å². The minimum Gasteiger partial charge on any atom is -0.394 e. The SMILES string of the molecule is Nc1ncnc2c1nnn2[C@@H]1O[C@H](CO)[C@@H](O)[C@@H]1O. The number of nitrogens with two attached hydrogens (primary N) is 1. The number of hydrogen-bond acceptors (Lipinski definition) is 9. The number of nitrogens with zero attached hydrogens (tertiary/aromatic N) is 5. The Morgan fingerprint density at radius 1 is 1.32 bits per heavy atom. The van der Waals surface area contributed by atoms with Crippen LogP contribution in [0.25, 0.3) is 11.2 Å². The van der Waals surface area contributed by atoms with Crippen LogP contribution in [0, 0.1) is 0 Å². The van der Waals surface area contributed by atoms with E-state index in [1.54, 1.807) is 0 Å². The van der Waals surface area contributed by atoms with Crippen LogP contribution in [-0.4, -0.2) is 65.2 Å². The predicted octanol–water partition coefficient (Wildman–Crippen LogP) is -2.58. The van der Waals surface area contributed by atoms with Crippen molar-refractivity contribution in [1.82, 2.24) is 25.0 Å². The number of rotatable bonds is 2. The van der Waals surface area contributed by atoms with Gasteiger partial charge in [0.25, 0.3) is 0 Å². The third-order valence-electron chi connectivity index (χ3n) is 3.05. The average molecular weight is 268 g/mol. The number of hydrogen-bond donors (Lipinski definition) is 4. The summed E-state index contributed by atoms with van der Waals surface area (Å²) in [6.07, 6.45) is -3.12. The van der Waals surface area contributed by atoms with Crippen LogP contribution < -0.4 is 5.73 Å². The van der Waals surface area contributed by atoms with E-state index in [0.717, 1.165) is 0 Å². The van der Waals surface area contributed by atoms with Crippen molar-refractivity contribution in [3.8, 4) is 0 Å². The number of anilines is 1. The highest BCUT2D eigenvalue weighted by Crippen LogP contribution is 2.30. The smallest absolute Gasteiger partial charge is 0.186 e. The van der Waals surface area contributed by atoms with Gasteiger partial charge in [-0.05, 0) is 0 Å². The molecule has 4 atom stereocenters. The van der Waals surface area contributed by atoms with Gasteiger partial charge in [-0.25, -0.2) is 9.97 Å². The first-order chi connectivity index (χ1) is 9.13. The number of aromatic nitrogens is 5. The van der Waals surface area contributed by atoms with Crippen LogP contribution >= 0.6 is 0 Å². The Morgan fingerprint density at radius 2 is 2.11 bits per heavy atom. The van der Waals surface area contributed by atoms with E-state index in [1.807, 2.05) is 0 Å². The van der Waals surface area contributed by atoms with Gasteiger partial charge in [-0.2, -0.15) is 4.68 Å². The van der Waals surface area contributed by atoms with Gasteiger partial charge in [0.15, 0.2) is 23.2 Å². The van der Waals surface area contributed by atoms with Gasteiger partial charge in [-0.15, -0.1) is 5.10 Å². The molecule has 5 N–H and O–H groups in total. The monoisotopic (exact) mass is 268 g/mol. The van der Waals surface area contributed by atoms with E-state index < -0.39 is 31.1 Å². The Labute approximate surface area is 106 Å². The Hall–Kier alpha value is -1.88. The van der Waals surface area contributed by atoms with Crippen molar-refractivity contribution in [2.75, 3.05) is 12.3 Å². The third-order valence-corrected chi connectivity index (χ3v) is 3.05. The molecule has 0 aliphatic carbocycles. The molecule has 2 aromatic heterocycles. The first-order valence-corrected chi connectivity index (χ1v) is 5.57. The molecule has 1 aliphatic heterocycles. The number of fused-ring (bicyclic) bond motifs is 1. The largest absolute Gasteiger partial charge is 0.394 e. The van der Waals surface area contributed by atoms with Gasteiger partial charge in [-0.3, -0.25) is 0 Å². The summed E-state index contributed by atoms with van der Waals surface area (Å²) in [6, 6.07) is 0. The van der Waals surface area contributed by atoms with Gasteiger partial charge in [-0.1, -0.05) is 5.21 Å². The second-order valence-corrected chi connectivity index (χ2v) is 4.19. The lowest BCUT2D eigenvalue weighted by atomic mass is 10.1. The van der Waals surface area contributed by atoms with Crippen molar-refractivity contribution < 1.29 is 20.1 Å². The van der Waals surface area contributed by atoms with Crippen LogP contribution in [0.2, 0.25) is 0 Å². The molecular formula is C9H12N6O4. The highest BCUT2D eigenvalue weighted by Gasteiger charge is 2.44. The molecule has 10 heteroatoms. The maximum atomic E-state index is 9.91. The van der Waals surface area contributed by atoms with Gasteiger partial charge in [0, 0.05) is 0 Å². The molecule has 0 bridgehead atoms. The van der Waals surface area contributed by atoms with Crippen molar-refractivity contribution in [2.45, 2.75) is 24.5 Å². The molecule has 19 heavy (non-hydrogen) atoms. The second kappa shape index (κ2) is 4.35. The predicted molar refractivity (Wildman–Crippen MR) is 60.5 cm³/mol. The topological polar surface area (TPSA) is 152 Å². The molecule has 3 rings (SSSR count). The summed E-state index contributed by atoms with van der Waals surface area (Å²) in [5.74, 6) is 0.156. The van der Waals surface area contributed by atoms with Crippen molar-refractivity contribution in [1.29, 1.82) is 0 Å². The number of aliphatic hydroxyl groups excluding tert-OH is 3. The summed E-state index contributed by atoms with van der Waals surface area (Å²) in [5, 5.41) is 36.2. The van der Waals surface area contributed by atoms with Crippen molar-refractivity contribution in [2.24, 2.45) is 0 Å². The molecule has 0 radical (unpaired) electrons. The fraction of sp³-hybridized carbons (Fsp3) is 0.556. The second-order valence-electron chi connectivity index (χ2n) is 4.19. The average Bonchev–Trinajstić information content (AvgIpc) is 2.94. The molecule has 1 fully saturated rings. The highest BCUT2D eigenvalue weighted by atomic mass is 16.6. The highest BCUT2D eigenvalue weighted by molar-refractivity contribution is 5.80. The quantitative estimate of drug-likeness (QED) is 0.459. The normalized spacial score (nSPS) is 31.1. The first kappa shape index (κ1) is 12.2. The number of aliphatic hydroxyl groups is 3. The zero-order chi connectivity index (χ0) is 13.6. The molecule has 0 spiro atoms. The van der Waals surface area contributed by atoms with E-state index in [4.69, 9.17) is 15.6 Å². The molecule has 0 amide bonds.